The summed E-state index contributed by atoms with van der Waals surface area (Å²) in [5.41, 5.74) is 5.98. The van der Waals surface area contributed by atoms with Gasteiger partial charge >= 0.3 is 0 Å². The average molecular weight is 330 g/mol. The summed E-state index contributed by atoms with van der Waals surface area (Å²) in [7, 11) is 0. The molecule has 0 amide bonds. The molecule has 1 aliphatic carbocycles. The van der Waals surface area contributed by atoms with Gasteiger partial charge in [0.25, 0.3) is 0 Å². The van der Waals surface area contributed by atoms with Crippen molar-refractivity contribution in [1.82, 2.24) is 0 Å². The second-order valence-electron chi connectivity index (χ2n) is 7.83. The largest absolute Gasteiger partial charge is 0.294 e. The number of carbonyl (C=O) groups is 1. The summed E-state index contributed by atoms with van der Waals surface area (Å²) in [6.45, 7) is 8.72. The highest BCUT2D eigenvalue weighted by Gasteiger charge is 2.25. The van der Waals surface area contributed by atoms with Gasteiger partial charge in [0, 0.05) is 12.0 Å². The molecule has 0 N–H and O–H groups in total. The molecule has 128 valence electrons. The topological polar surface area (TPSA) is 17.1 Å². The molecule has 0 aromatic heterocycles. The Bertz CT molecular complexity index is 792. The molecule has 0 saturated heterocycles. The van der Waals surface area contributed by atoms with E-state index in [9.17, 15) is 4.79 Å². The van der Waals surface area contributed by atoms with Crippen molar-refractivity contribution in [1.29, 1.82) is 0 Å². The van der Waals surface area contributed by atoms with E-state index in [-0.39, 0.29) is 11.2 Å². The van der Waals surface area contributed by atoms with E-state index < -0.39 is 0 Å². The third-order valence-electron chi connectivity index (χ3n) is 4.81. The third-order valence-corrected chi connectivity index (χ3v) is 4.81. The van der Waals surface area contributed by atoms with E-state index in [4.69, 9.17) is 0 Å². The molecule has 0 bridgehead atoms. The molecular formula is C24H26O. The van der Waals surface area contributed by atoms with E-state index in [1.165, 1.54) is 22.3 Å². The van der Waals surface area contributed by atoms with Gasteiger partial charge in [-0.3, -0.25) is 4.79 Å². The smallest absolute Gasteiger partial charge is 0.163 e. The first-order valence-electron chi connectivity index (χ1n) is 8.99. The van der Waals surface area contributed by atoms with Crippen LogP contribution in [0.5, 0.6) is 0 Å². The average Bonchev–Trinajstić information content (AvgIpc) is 2.59. The van der Waals surface area contributed by atoms with Crippen LogP contribution in [-0.2, 0) is 6.42 Å². The minimum absolute atomic E-state index is 0.206. The molecule has 0 saturated carbocycles. The number of benzene rings is 2. The maximum atomic E-state index is 12.4. The van der Waals surface area contributed by atoms with Crippen LogP contribution >= 0.6 is 0 Å². The maximum absolute atomic E-state index is 12.4. The molecule has 25 heavy (non-hydrogen) atoms. The van der Waals surface area contributed by atoms with E-state index in [2.05, 4.69) is 50.8 Å². The van der Waals surface area contributed by atoms with E-state index >= 15 is 0 Å². The van der Waals surface area contributed by atoms with Gasteiger partial charge in [-0.2, -0.15) is 0 Å². The van der Waals surface area contributed by atoms with Crippen molar-refractivity contribution in [3.8, 4) is 0 Å². The molecular weight excluding hydrogens is 304 g/mol. The monoisotopic (exact) mass is 330 g/mol. The Labute approximate surface area is 151 Å². The van der Waals surface area contributed by atoms with Crippen LogP contribution in [0.4, 0.5) is 0 Å². The summed E-state index contributed by atoms with van der Waals surface area (Å²) in [6, 6.07) is 18.3. The van der Waals surface area contributed by atoms with Crippen LogP contribution in [0.1, 0.15) is 54.6 Å². The molecule has 0 radical (unpaired) electrons. The van der Waals surface area contributed by atoms with Crippen LogP contribution in [-0.4, -0.2) is 5.78 Å². The van der Waals surface area contributed by atoms with Gasteiger partial charge in [-0.25, -0.2) is 0 Å². The molecule has 3 rings (SSSR count). The highest BCUT2D eigenvalue weighted by atomic mass is 16.1. The number of Topliss-reactive ketones (excluding diaryl/α,β-unsaturated/α-hetero) is 1. The first-order chi connectivity index (χ1) is 11.9. The predicted octanol–water partition coefficient (Wildman–Crippen LogP) is 6.26. The van der Waals surface area contributed by atoms with Crippen molar-refractivity contribution >= 4 is 11.4 Å². The summed E-state index contributed by atoms with van der Waals surface area (Å²) in [6.07, 6.45) is 5.65. The highest BCUT2D eigenvalue weighted by molar-refractivity contribution is 5.96. The van der Waals surface area contributed by atoms with E-state index in [0.717, 1.165) is 24.8 Å². The Morgan fingerprint density at radius 3 is 2.32 bits per heavy atom. The van der Waals surface area contributed by atoms with Crippen LogP contribution in [0, 0.1) is 5.41 Å². The van der Waals surface area contributed by atoms with Gasteiger partial charge < -0.3 is 0 Å². The van der Waals surface area contributed by atoms with Crippen LogP contribution in [0.3, 0.4) is 0 Å². The van der Waals surface area contributed by atoms with Crippen molar-refractivity contribution < 1.29 is 4.79 Å². The fraction of sp³-hybridized carbons (Fsp3) is 0.292. The van der Waals surface area contributed by atoms with E-state index in [1.54, 1.807) is 0 Å². The Kier molecular flexibility index (Phi) is 5.03. The number of hydrogen-bond donors (Lipinski definition) is 0. The Balaban J connectivity index is 1.68. The zero-order valence-corrected chi connectivity index (χ0v) is 15.2. The summed E-state index contributed by atoms with van der Waals surface area (Å²) < 4.78 is 0. The van der Waals surface area contributed by atoms with Crippen molar-refractivity contribution in [2.45, 2.75) is 39.5 Å². The second kappa shape index (κ2) is 7.23. The molecule has 1 nitrogen and oxygen atoms in total. The first kappa shape index (κ1) is 17.4. The molecule has 0 unspecified atom stereocenters. The number of ketones is 1. The van der Waals surface area contributed by atoms with Crippen LogP contribution in [0.25, 0.3) is 5.57 Å². The van der Waals surface area contributed by atoms with Gasteiger partial charge in [0.2, 0.25) is 0 Å². The number of carbonyl (C=O) groups excluding carboxylic acids is 1. The van der Waals surface area contributed by atoms with Crippen molar-refractivity contribution in [2.24, 2.45) is 5.41 Å². The number of allylic oxidation sites excluding steroid dienone is 3. The van der Waals surface area contributed by atoms with Crippen LogP contribution in [0.2, 0.25) is 0 Å². The van der Waals surface area contributed by atoms with Crippen molar-refractivity contribution in [3.63, 3.8) is 0 Å². The summed E-state index contributed by atoms with van der Waals surface area (Å²) in [4.78, 5) is 12.4. The lowest BCUT2D eigenvalue weighted by molar-refractivity contribution is 0.0983. The quantitative estimate of drug-likeness (QED) is 0.591. The standard InChI is InChI=1S/C24H26O/c1-18-15-22(17-24(2,3)16-18)20-10-12-21(13-11-20)23(25)14-9-19-7-5-4-6-8-19/h4-8,10-13,15H,1,9,14,16-17H2,2-3H3. The lowest BCUT2D eigenvalue weighted by Gasteiger charge is -2.31. The second-order valence-corrected chi connectivity index (χ2v) is 7.83. The highest BCUT2D eigenvalue weighted by Crippen LogP contribution is 2.41. The molecule has 0 aliphatic heterocycles. The number of rotatable bonds is 5. The van der Waals surface area contributed by atoms with Gasteiger partial charge in [0.1, 0.15) is 0 Å². The van der Waals surface area contributed by atoms with Crippen molar-refractivity contribution in [2.75, 3.05) is 0 Å². The predicted molar refractivity (Wildman–Crippen MR) is 106 cm³/mol. The molecule has 2 aromatic carbocycles. The Morgan fingerprint density at radius 2 is 1.68 bits per heavy atom. The third kappa shape index (κ3) is 4.57. The molecule has 2 aromatic rings. The summed E-state index contributed by atoms with van der Waals surface area (Å²) in [5, 5.41) is 0. The van der Waals surface area contributed by atoms with E-state index in [1.807, 2.05) is 30.3 Å². The maximum Gasteiger partial charge on any atom is 0.163 e. The first-order valence-corrected chi connectivity index (χ1v) is 8.99. The van der Waals surface area contributed by atoms with E-state index in [0.29, 0.717) is 6.42 Å². The number of hydrogen-bond acceptors (Lipinski definition) is 1. The molecule has 0 fully saturated rings. The van der Waals surface area contributed by atoms with Gasteiger partial charge in [0.15, 0.2) is 5.78 Å². The molecule has 1 heteroatoms. The zero-order chi connectivity index (χ0) is 17.9. The SMILES string of the molecule is C=C1C=C(c2ccc(C(=O)CCc3ccccc3)cc2)CC(C)(C)C1. The Hall–Kier alpha value is -2.41. The van der Waals surface area contributed by atoms with Gasteiger partial charge in [-0.05, 0) is 41.4 Å². The number of aryl methyl sites for hydroxylation is 1. The zero-order valence-electron chi connectivity index (χ0n) is 15.2. The molecule has 0 spiro atoms. The fourth-order valence-corrected chi connectivity index (χ4v) is 3.64. The van der Waals surface area contributed by atoms with Gasteiger partial charge in [0.05, 0.1) is 0 Å². The molecule has 0 heterocycles. The van der Waals surface area contributed by atoms with Gasteiger partial charge in [-0.1, -0.05) is 86.7 Å². The molecule has 0 atom stereocenters. The minimum Gasteiger partial charge on any atom is -0.294 e. The van der Waals surface area contributed by atoms with Gasteiger partial charge in [-0.15, -0.1) is 0 Å². The minimum atomic E-state index is 0.206. The molecule has 1 aliphatic rings. The lowest BCUT2D eigenvalue weighted by Crippen LogP contribution is -2.16. The van der Waals surface area contributed by atoms with Crippen LogP contribution < -0.4 is 0 Å². The Morgan fingerprint density at radius 1 is 1.00 bits per heavy atom. The normalized spacial score (nSPS) is 16.4. The lowest BCUT2D eigenvalue weighted by atomic mass is 9.74. The van der Waals surface area contributed by atoms with Crippen molar-refractivity contribution in [3.05, 3.63) is 89.5 Å². The summed E-state index contributed by atoms with van der Waals surface area (Å²) >= 11 is 0. The fourth-order valence-electron chi connectivity index (χ4n) is 3.64. The summed E-state index contributed by atoms with van der Waals surface area (Å²) in [5.74, 6) is 0.206. The van der Waals surface area contributed by atoms with Crippen LogP contribution in [0.15, 0.2) is 72.8 Å².